The van der Waals surface area contributed by atoms with E-state index in [4.69, 9.17) is 0 Å². The molecule has 1 aliphatic rings. The summed E-state index contributed by atoms with van der Waals surface area (Å²) in [6.07, 6.45) is -2.94. The van der Waals surface area contributed by atoms with Crippen molar-refractivity contribution in [2.45, 2.75) is 19.5 Å². The second-order valence-corrected chi connectivity index (χ2v) is 4.08. The lowest BCUT2D eigenvalue weighted by molar-refractivity contribution is -0.130. The lowest BCUT2D eigenvalue weighted by Gasteiger charge is -2.25. The Balaban J connectivity index is 2.25. The van der Waals surface area contributed by atoms with Crippen molar-refractivity contribution in [3.63, 3.8) is 0 Å². The normalized spacial score (nSPS) is 20.4. The third-order valence-corrected chi connectivity index (χ3v) is 2.90. The summed E-state index contributed by atoms with van der Waals surface area (Å²) in [5, 5.41) is 2.96. The third kappa shape index (κ3) is 2.44. The number of hydrogen-bond donors (Lipinski definition) is 1. The Hall–Kier alpha value is -1.49. The number of hydrogen-bond acceptors (Lipinski definition) is 2. The molecule has 5 heteroatoms. The first-order valence-electron chi connectivity index (χ1n) is 5.46. The van der Waals surface area contributed by atoms with Gasteiger partial charge in [-0.3, -0.25) is 10.1 Å². The Morgan fingerprint density at radius 3 is 2.82 bits per heavy atom. The van der Waals surface area contributed by atoms with Crippen LogP contribution in [0.2, 0.25) is 0 Å². The Kier molecular flexibility index (Phi) is 3.38. The van der Waals surface area contributed by atoms with Crippen LogP contribution in [0, 0.1) is 6.92 Å². The van der Waals surface area contributed by atoms with Gasteiger partial charge in [0.1, 0.15) is 6.17 Å². The summed E-state index contributed by atoms with van der Waals surface area (Å²) in [6.45, 7) is 1.50. The first-order valence-corrected chi connectivity index (χ1v) is 5.46. The molecule has 1 unspecified atom stereocenters. The fraction of sp³-hybridized carbons (Fsp3) is 0.417. The number of nitrogens with zero attached hydrogens (tertiary/aromatic N) is 1. The highest BCUT2D eigenvalue weighted by atomic mass is 19.3. The van der Waals surface area contributed by atoms with Gasteiger partial charge in [-0.1, -0.05) is 24.3 Å². The molecule has 0 saturated carbocycles. The van der Waals surface area contributed by atoms with Gasteiger partial charge in [-0.25, -0.2) is 8.78 Å². The Morgan fingerprint density at radius 2 is 2.18 bits per heavy atom. The van der Waals surface area contributed by atoms with Crippen molar-refractivity contribution in [2.24, 2.45) is 0 Å². The SMILES string of the molecule is Cc1ccccc1C1NCC(=O)N1CC(F)F. The van der Waals surface area contributed by atoms with Crippen LogP contribution in [0.1, 0.15) is 17.3 Å². The maximum absolute atomic E-state index is 12.4. The maximum Gasteiger partial charge on any atom is 0.255 e. The van der Waals surface area contributed by atoms with E-state index in [2.05, 4.69) is 5.32 Å². The average molecular weight is 240 g/mol. The lowest BCUT2D eigenvalue weighted by atomic mass is 10.1. The van der Waals surface area contributed by atoms with E-state index in [1.54, 1.807) is 0 Å². The van der Waals surface area contributed by atoms with Crippen molar-refractivity contribution < 1.29 is 13.6 Å². The first kappa shape index (κ1) is 12.0. The molecule has 1 N–H and O–H groups in total. The van der Waals surface area contributed by atoms with Crippen LogP contribution >= 0.6 is 0 Å². The summed E-state index contributed by atoms with van der Waals surface area (Å²) in [4.78, 5) is 12.7. The lowest BCUT2D eigenvalue weighted by Crippen LogP contribution is -2.34. The van der Waals surface area contributed by atoms with Gasteiger partial charge < -0.3 is 4.90 Å². The van der Waals surface area contributed by atoms with E-state index in [1.165, 1.54) is 4.90 Å². The fourth-order valence-electron chi connectivity index (χ4n) is 2.07. The molecule has 1 aliphatic heterocycles. The molecule has 0 bridgehead atoms. The Bertz CT molecular complexity index is 423. The van der Waals surface area contributed by atoms with E-state index in [9.17, 15) is 13.6 Å². The van der Waals surface area contributed by atoms with Crippen LogP contribution in [-0.2, 0) is 4.79 Å². The van der Waals surface area contributed by atoms with Gasteiger partial charge in [-0.2, -0.15) is 0 Å². The van der Waals surface area contributed by atoms with Gasteiger partial charge in [0.05, 0.1) is 13.1 Å². The zero-order valence-corrected chi connectivity index (χ0v) is 9.49. The number of carbonyl (C=O) groups excluding carboxylic acids is 1. The predicted octanol–water partition coefficient (Wildman–Crippen LogP) is 1.69. The number of amides is 1. The van der Waals surface area contributed by atoms with Crippen LogP contribution in [-0.4, -0.2) is 30.3 Å². The van der Waals surface area contributed by atoms with Gasteiger partial charge in [0, 0.05) is 0 Å². The monoisotopic (exact) mass is 240 g/mol. The van der Waals surface area contributed by atoms with E-state index in [0.717, 1.165) is 11.1 Å². The summed E-state index contributed by atoms with van der Waals surface area (Å²) in [6, 6.07) is 7.48. The Morgan fingerprint density at radius 1 is 1.47 bits per heavy atom. The second-order valence-electron chi connectivity index (χ2n) is 4.08. The molecule has 92 valence electrons. The number of carbonyl (C=O) groups is 1. The zero-order chi connectivity index (χ0) is 12.4. The molecule has 3 nitrogen and oxygen atoms in total. The molecule has 1 amide bonds. The highest BCUT2D eigenvalue weighted by molar-refractivity contribution is 5.81. The van der Waals surface area contributed by atoms with Crippen molar-refractivity contribution in [3.8, 4) is 0 Å². The van der Waals surface area contributed by atoms with E-state index >= 15 is 0 Å². The summed E-state index contributed by atoms with van der Waals surface area (Å²) >= 11 is 0. The van der Waals surface area contributed by atoms with Gasteiger partial charge in [0.2, 0.25) is 5.91 Å². The standard InChI is InChI=1S/C12H14F2N2O/c1-8-4-2-3-5-9(8)12-15-6-11(17)16(12)7-10(13)14/h2-5,10,12,15H,6-7H2,1H3. The van der Waals surface area contributed by atoms with Crippen molar-refractivity contribution in [1.82, 2.24) is 10.2 Å². The van der Waals surface area contributed by atoms with Crippen LogP contribution in [0.3, 0.4) is 0 Å². The van der Waals surface area contributed by atoms with Crippen molar-refractivity contribution in [1.29, 1.82) is 0 Å². The minimum atomic E-state index is -2.51. The minimum Gasteiger partial charge on any atom is -0.316 e. The van der Waals surface area contributed by atoms with E-state index < -0.39 is 19.1 Å². The molecule has 1 atom stereocenters. The van der Waals surface area contributed by atoms with Crippen LogP contribution < -0.4 is 5.32 Å². The molecule has 1 fully saturated rings. The quantitative estimate of drug-likeness (QED) is 0.872. The first-order chi connectivity index (χ1) is 8.09. The predicted molar refractivity (Wildman–Crippen MR) is 59.6 cm³/mol. The largest absolute Gasteiger partial charge is 0.316 e. The van der Waals surface area contributed by atoms with E-state index in [0.29, 0.717) is 0 Å². The van der Waals surface area contributed by atoms with Gasteiger partial charge in [0.15, 0.2) is 0 Å². The van der Waals surface area contributed by atoms with Crippen LogP contribution in [0.15, 0.2) is 24.3 Å². The molecule has 1 saturated heterocycles. The Labute approximate surface area is 98.4 Å². The molecule has 1 aromatic carbocycles. The minimum absolute atomic E-state index is 0.117. The molecule has 0 aromatic heterocycles. The molecular formula is C12H14F2N2O. The topological polar surface area (TPSA) is 32.3 Å². The van der Waals surface area contributed by atoms with Crippen molar-refractivity contribution in [2.75, 3.05) is 13.1 Å². The molecule has 0 radical (unpaired) electrons. The number of aryl methyl sites for hydroxylation is 1. The van der Waals surface area contributed by atoms with Crippen LogP contribution in [0.5, 0.6) is 0 Å². The molecule has 0 spiro atoms. The molecule has 1 aromatic rings. The molecular weight excluding hydrogens is 226 g/mol. The van der Waals surface area contributed by atoms with Gasteiger partial charge in [0.25, 0.3) is 6.43 Å². The number of nitrogens with one attached hydrogen (secondary N) is 1. The molecule has 0 aliphatic carbocycles. The van der Waals surface area contributed by atoms with Gasteiger partial charge in [-0.15, -0.1) is 0 Å². The van der Waals surface area contributed by atoms with Crippen LogP contribution in [0.4, 0.5) is 8.78 Å². The third-order valence-electron chi connectivity index (χ3n) is 2.90. The number of rotatable bonds is 3. The summed E-state index contributed by atoms with van der Waals surface area (Å²) in [5.74, 6) is -0.279. The fourth-order valence-corrected chi connectivity index (χ4v) is 2.07. The summed E-state index contributed by atoms with van der Waals surface area (Å²) in [7, 11) is 0. The average Bonchev–Trinajstić information content (AvgIpc) is 2.61. The van der Waals surface area contributed by atoms with Gasteiger partial charge in [-0.05, 0) is 18.1 Å². The zero-order valence-electron chi connectivity index (χ0n) is 9.49. The highest BCUT2D eigenvalue weighted by Gasteiger charge is 2.33. The second kappa shape index (κ2) is 4.79. The van der Waals surface area contributed by atoms with E-state index in [1.807, 2.05) is 31.2 Å². The number of halogens is 2. The number of alkyl halides is 2. The smallest absolute Gasteiger partial charge is 0.255 e. The summed E-state index contributed by atoms with van der Waals surface area (Å²) in [5.41, 5.74) is 1.86. The highest BCUT2D eigenvalue weighted by Crippen LogP contribution is 2.25. The van der Waals surface area contributed by atoms with Crippen LogP contribution in [0.25, 0.3) is 0 Å². The maximum atomic E-state index is 12.4. The van der Waals surface area contributed by atoms with E-state index in [-0.39, 0.29) is 12.5 Å². The van der Waals surface area contributed by atoms with Crippen molar-refractivity contribution >= 4 is 5.91 Å². The molecule has 1 heterocycles. The molecule has 17 heavy (non-hydrogen) atoms. The van der Waals surface area contributed by atoms with Gasteiger partial charge >= 0.3 is 0 Å². The molecule has 2 rings (SSSR count). The summed E-state index contributed by atoms with van der Waals surface area (Å²) < 4.78 is 24.9. The number of benzene rings is 1. The van der Waals surface area contributed by atoms with Crippen molar-refractivity contribution in [3.05, 3.63) is 35.4 Å².